The van der Waals surface area contributed by atoms with Crippen LogP contribution in [0.2, 0.25) is 0 Å². The smallest absolute Gasteiger partial charge is 0.0541 e. The predicted molar refractivity (Wildman–Crippen MR) is 372 cm³/mol. The minimum atomic E-state index is 1.03. The zero-order valence-electron chi connectivity index (χ0n) is 48.4. The summed E-state index contributed by atoms with van der Waals surface area (Å²) in [7, 11) is 0. The molecule has 14 aromatic carbocycles. The first-order valence-corrected chi connectivity index (χ1v) is 30.1. The fourth-order valence-electron chi connectivity index (χ4n) is 12.5. The summed E-state index contributed by atoms with van der Waals surface area (Å²) >= 11 is 0. The molecule has 0 aliphatic heterocycles. The molecule has 0 N–H and O–H groups in total. The minimum Gasteiger partial charge on any atom is -0.310 e. The summed E-state index contributed by atoms with van der Waals surface area (Å²) in [5, 5.41) is 2.41. The van der Waals surface area contributed by atoms with E-state index in [9.17, 15) is 0 Å². The maximum atomic E-state index is 2.40. The van der Waals surface area contributed by atoms with Crippen LogP contribution < -0.4 is 14.7 Å². The molecule has 0 aliphatic rings. The molecule has 0 amide bonds. The van der Waals surface area contributed by atoms with Crippen molar-refractivity contribution in [2.75, 3.05) is 14.7 Å². The first kappa shape index (κ1) is 53.0. The van der Waals surface area contributed by atoms with Crippen LogP contribution in [0.25, 0.3) is 83.1 Å². The van der Waals surface area contributed by atoms with Gasteiger partial charge in [0.05, 0.1) is 11.0 Å². The van der Waals surface area contributed by atoms with Gasteiger partial charge in [-0.05, 0) is 207 Å². The van der Waals surface area contributed by atoms with Crippen molar-refractivity contribution < 1.29 is 0 Å². The zero-order valence-corrected chi connectivity index (χ0v) is 48.4. The van der Waals surface area contributed by atoms with Crippen molar-refractivity contribution in [2.24, 2.45) is 0 Å². The lowest BCUT2D eigenvalue weighted by Gasteiger charge is -2.30. The highest BCUT2D eigenvalue weighted by molar-refractivity contribution is 6.10. The van der Waals surface area contributed by atoms with Gasteiger partial charge in [-0.1, -0.05) is 212 Å². The minimum absolute atomic E-state index is 1.03. The van der Waals surface area contributed by atoms with Gasteiger partial charge in [-0.2, -0.15) is 0 Å². The first-order valence-electron chi connectivity index (χ1n) is 30.1. The van der Waals surface area contributed by atoms with Crippen molar-refractivity contribution in [3.05, 3.63) is 364 Å². The van der Waals surface area contributed by atoms with Gasteiger partial charge >= 0.3 is 0 Å². The molecule has 0 radical (unpaired) electrons. The van der Waals surface area contributed by atoms with Gasteiger partial charge in [-0.15, -0.1) is 0 Å². The Hall–Kier alpha value is -11.7. The van der Waals surface area contributed by atoms with Crippen LogP contribution >= 0.6 is 0 Å². The molecule has 0 saturated carbocycles. The van der Waals surface area contributed by atoms with E-state index in [2.05, 4.69) is 383 Å². The molecular weight excluding hydrogens is 1060 g/mol. The molecule has 15 rings (SSSR count). The third kappa shape index (κ3) is 10.6. The largest absolute Gasteiger partial charge is 0.310 e. The molecule has 4 heteroatoms. The molecule has 1 aromatic heterocycles. The van der Waals surface area contributed by atoms with E-state index >= 15 is 0 Å². The van der Waals surface area contributed by atoms with Gasteiger partial charge in [0.1, 0.15) is 0 Å². The van der Waals surface area contributed by atoms with E-state index in [-0.39, 0.29) is 0 Å². The highest BCUT2D eigenvalue weighted by Crippen LogP contribution is 2.46. The Labute approximate surface area is 514 Å². The van der Waals surface area contributed by atoms with E-state index in [1.165, 1.54) is 38.5 Å². The van der Waals surface area contributed by atoms with Crippen molar-refractivity contribution in [1.29, 1.82) is 0 Å². The number of anilines is 9. The number of para-hydroxylation sites is 6. The van der Waals surface area contributed by atoms with Gasteiger partial charge in [-0.25, -0.2) is 0 Å². The quantitative estimate of drug-likeness (QED) is 0.102. The molecule has 4 nitrogen and oxygen atoms in total. The van der Waals surface area contributed by atoms with Gasteiger partial charge in [0.2, 0.25) is 0 Å². The van der Waals surface area contributed by atoms with Crippen LogP contribution in [-0.2, 0) is 0 Å². The highest BCUT2D eigenvalue weighted by Gasteiger charge is 2.22. The molecule has 88 heavy (non-hydrogen) atoms. The monoisotopic (exact) mass is 1120 g/mol. The molecular formula is C84H60N4. The van der Waals surface area contributed by atoms with Crippen LogP contribution in [0.15, 0.2) is 364 Å². The van der Waals surface area contributed by atoms with Crippen LogP contribution in [0, 0.1) is 0 Å². The van der Waals surface area contributed by atoms with Gasteiger partial charge < -0.3 is 19.3 Å². The van der Waals surface area contributed by atoms with Crippen LogP contribution in [0.3, 0.4) is 0 Å². The second kappa shape index (κ2) is 23.7. The number of aromatic nitrogens is 1. The zero-order chi connectivity index (χ0) is 58.6. The lowest BCUT2D eigenvalue weighted by atomic mass is 9.92. The van der Waals surface area contributed by atoms with E-state index in [1.807, 2.05) is 0 Å². The standard InChI is InChI=1S/C84H60N4/c1-8-25-61(26-9-1)63-43-48-76(49-44-63)85(77-50-45-64(46-51-77)62-27-10-2-11-28-62)78-40-24-29-65(56-78)67-53-68(66-47-52-84-82(59-66)81-41-22-23-42-83(81)88(84)75-38-20-7-21-39-75)55-69(54-67)70-57-79(86(71-30-12-3-13-31-71)72-32-14-4-15-33-72)60-80(58-70)87(73-34-16-5-17-35-73)74-36-18-6-19-37-74/h1-60H. The Bertz CT molecular complexity index is 4600. The average molecular weight is 1130 g/mol. The van der Waals surface area contributed by atoms with Crippen molar-refractivity contribution in [1.82, 2.24) is 4.57 Å². The molecule has 0 fully saturated rings. The Balaban J connectivity index is 0.952. The fraction of sp³-hybridized carbons (Fsp3) is 0. The summed E-state index contributed by atoms with van der Waals surface area (Å²) < 4.78 is 2.39. The summed E-state index contributed by atoms with van der Waals surface area (Å²) in [5.41, 5.74) is 24.2. The van der Waals surface area contributed by atoms with E-state index < -0.39 is 0 Å². The Morgan fingerprint density at radius 1 is 0.159 bits per heavy atom. The van der Waals surface area contributed by atoms with Crippen LogP contribution in [0.5, 0.6) is 0 Å². The summed E-state index contributed by atoms with van der Waals surface area (Å²) in [4.78, 5) is 7.13. The number of hydrogen-bond donors (Lipinski definition) is 0. The number of fused-ring (bicyclic) bond motifs is 3. The van der Waals surface area contributed by atoms with Crippen molar-refractivity contribution in [3.8, 4) is 61.3 Å². The predicted octanol–water partition coefficient (Wildman–Crippen LogP) is 23.5. The summed E-state index contributed by atoms with van der Waals surface area (Å²) in [5.74, 6) is 0. The second-order valence-electron chi connectivity index (χ2n) is 22.2. The van der Waals surface area contributed by atoms with Gasteiger partial charge in [-0.3, -0.25) is 0 Å². The number of rotatable bonds is 15. The van der Waals surface area contributed by atoms with Crippen molar-refractivity contribution in [2.45, 2.75) is 0 Å². The molecule has 1 heterocycles. The number of hydrogen-bond acceptors (Lipinski definition) is 3. The van der Waals surface area contributed by atoms with E-state index in [0.29, 0.717) is 0 Å². The van der Waals surface area contributed by atoms with Crippen molar-refractivity contribution >= 4 is 73.0 Å². The van der Waals surface area contributed by atoms with Gasteiger partial charge in [0.15, 0.2) is 0 Å². The summed E-state index contributed by atoms with van der Waals surface area (Å²) in [6.45, 7) is 0. The molecule has 0 atom stereocenters. The van der Waals surface area contributed by atoms with Gasteiger partial charge in [0, 0.05) is 67.6 Å². The molecule has 0 saturated heterocycles. The van der Waals surface area contributed by atoms with E-state index in [1.54, 1.807) is 0 Å². The maximum absolute atomic E-state index is 2.40. The third-order valence-corrected chi connectivity index (χ3v) is 16.7. The lowest BCUT2D eigenvalue weighted by Crippen LogP contribution is -2.13. The topological polar surface area (TPSA) is 14.7 Å². The average Bonchev–Trinajstić information content (AvgIpc) is 1.96. The molecule has 0 aliphatic carbocycles. The SMILES string of the molecule is c1ccc(-c2ccc(N(c3ccc(-c4ccccc4)cc3)c3cccc(-c4cc(-c5cc(N(c6ccccc6)c6ccccc6)cc(N(c6ccccc6)c6ccccc6)c5)cc(-c5ccc6c(c5)c5ccccc5n6-c5ccccc5)c4)c3)cc2)cc1. The first-order chi connectivity index (χ1) is 43.6. The highest BCUT2D eigenvalue weighted by atomic mass is 15.2. The lowest BCUT2D eigenvalue weighted by molar-refractivity contribution is 1.18. The third-order valence-electron chi connectivity index (χ3n) is 16.7. The van der Waals surface area contributed by atoms with Crippen LogP contribution in [0.4, 0.5) is 51.2 Å². The number of benzene rings is 14. The Morgan fingerprint density at radius 3 is 0.943 bits per heavy atom. The second-order valence-corrected chi connectivity index (χ2v) is 22.2. The normalized spacial score (nSPS) is 11.2. The summed E-state index contributed by atoms with van der Waals surface area (Å²) in [6, 6.07) is 132. The van der Waals surface area contributed by atoms with E-state index in [4.69, 9.17) is 0 Å². The number of nitrogens with zero attached hydrogens (tertiary/aromatic N) is 4. The Kier molecular flexibility index (Phi) is 14.3. The summed E-state index contributed by atoms with van der Waals surface area (Å²) in [6.07, 6.45) is 0. The fourth-order valence-corrected chi connectivity index (χ4v) is 12.5. The van der Waals surface area contributed by atoms with Gasteiger partial charge in [0.25, 0.3) is 0 Å². The molecule has 0 bridgehead atoms. The van der Waals surface area contributed by atoms with E-state index in [0.717, 1.165) is 95.8 Å². The molecule has 15 aromatic rings. The maximum Gasteiger partial charge on any atom is 0.0541 e. The van der Waals surface area contributed by atoms with Crippen LogP contribution in [-0.4, -0.2) is 4.57 Å². The molecule has 416 valence electrons. The Morgan fingerprint density at radius 2 is 0.466 bits per heavy atom. The van der Waals surface area contributed by atoms with Crippen LogP contribution in [0.1, 0.15) is 0 Å². The molecule has 0 spiro atoms. The van der Waals surface area contributed by atoms with Crippen molar-refractivity contribution in [3.63, 3.8) is 0 Å². The molecule has 0 unspecified atom stereocenters.